The normalized spacial score (nSPS) is 21.9. The van der Waals surface area contributed by atoms with Gasteiger partial charge in [0, 0.05) is 56.1 Å². The molecule has 6 heterocycles. The highest BCUT2D eigenvalue weighted by atomic mass is 19.4. The molecule has 0 radical (unpaired) electrons. The summed E-state index contributed by atoms with van der Waals surface area (Å²) in [5.41, 5.74) is 3.95. The lowest BCUT2D eigenvalue weighted by molar-refractivity contribution is -0.197. The molecular formula is C41H44F3N9O7. The van der Waals surface area contributed by atoms with Gasteiger partial charge in [0.25, 0.3) is 11.8 Å². The van der Waals surface area contributed by atoms with Crippen molar-refractivity contribution in [3.8, 4) is 0 Å². The van der Waals surface area contributed by atoms with Crippen LogP contribution in [-0.4, -0.2) is 110 Å². The minimum Gasteiger partial charge on any atom is -0.475 e. The zero-order valence-corrected chi connectivity index (χ0v) is 32.9. The van der Waals surface area contributed by atoms with E-state index in [9.17, 15) is 22.8 Å². The summed E-state index contributed by atoms with van der Waals surface area (Å²) in [6, 6.07) is 24.0. The number of ether oxygens (including phenoxy) is 3. The molecule has 0 saturated carbocycles. The number of anilines is 2. The van der Waals surface area contributed by atoms with Crippen LogP contribution in [0.2, 0.25) is 0 Å². The maximum absolute atomic E-state index is 13.2. The van der Waals surface area contributed by atoms with Crippen LogP contribution in [-0.2, 0) is 23.8 Å². The monoisotopic (exact) mass is 831 g/mol. The molecule has 3 aliphatic heterocycles. The zero-order valence-electron chi connectivity index (χ0n) is 32.9. The van der Waals surface area contributed by atoms with E-state index in [0.29, 0.717) is 61.1 Å². The fraction of sp³-hybridized carbons (Fsp3) is 0.390. The molecule has 5 atom stereocenters. The summed E-state index contributed by atoms with van der Waals surface area (Å²) in [6.45, 7) is 7.66. The van der Waals surface area contributed by atoms with Gasteiger partial charge in [-0.1, -0.05) is 60.7 Å². The first-order valence-electron chi connectivity index (χ1n) is 19.4. The van der Waals surface area contributed by atoms with Gasteiger partial charge in [-0.05, 0) is 50.5 Å². The number of imidazole rings is 1. The van der Waals surface area contributed by atoms with E-state index in [-0.39, 0.29) is 23.8 Å². The summed E-state index contributed by atoms with van der Waals surface area (Å²) in [5, 5.41) is 16.8. The number of hydrogen-bond acceptors (Lipinski definition) is 12. The molecule has 19 heteroatoms. The van der Waals surface area contributed by atoms with Gasteiger partial charge in [0.15, 0.2) is 35.1 Å². The molecule has 3 saturated heterocycles. The fourth-order valence-electron chi connectivity index (χ4n) is 7.47. The number of fused-ring (bicyclic) bond motifs is 2. The number of carbonyl (C=O) groups excluding carboxylic acids is 2. The van der Waals surface area contributed by atoms with Gasteiger partial charge in [0.05, 0.1) is 6.33 Å². The van der Waals surface area contributed by atoms with Crippen molar-refractivity contribution in [3.05, 3.63) is 108 Å². The van der Waals surface area contributed by atoms with Crippen molar-refractivity contribution >= 4 is 40.7 Å². The smallest absolute Gasteiger partial charge is 0.475 e. The van der Waals surface area contributed by atoms with Crippen LogP contribution in [0.1, 0.15) is 60.8 Å². The Bertz CT molecular complexity index is 2240. The first-order valence-corrected chi connectivity index (χ1v) is 19.4. The molecule has 3 aromatic heterocycles. The second-order valence-electron chi connectivity index (χ2n) is 14.8. The van der Waals surface area contributed by atoms with Crippen LogP contribution in [0.4, 0.5) is 24.9 Å². The van der Waals surface area contributed by atoms with Crippen LogP contribution in [0.3, 0.4) is 0 Å². The van der Waals surface area contributed by atoms with E-state index < -0.39 is 42.5 Å². The molecule has 0 bridgehead atoms. The number of amides is 2. The minimum atomic E-state index is -5.08. The Hall–Kier alpha value is -6.18. The topological polar surface area (TPSA) is 195 Å². The Labute approximate surface area is 342 Å². The molecule has 8 rings (SSSR count). The van der Waals surface area contributed by atoms with Crippen molar-refractivity contribution in [3.63, 3.8) is 0 Å². The Morgan fingerprint density at radius 1 is 0.950 bits per heavy atom. The van der Waals surface area contributed by atoms with Crippen molar-refractivity contribution in [2.75, 3.05) is 36.4 Å². The third-order valence-electron chi connectivity index (χ3n) is 10.2. The quantitative estimate of drug-likeness (QED) is 0.144. The molecule has 2 aromatic carbocycles. The molecule has 316 valence electrons. The van der Waals surface area contributed by atoms with E-state index in [4.69, 9.17) is 39.1 Å². The SMILES string of the molecule is CCNC(=O)[C@H]1O[C@@H](n2cnc3c(NCC(c4ccccc4)c4ccccc4)nc(N4CC[C@@H](NC(=O)c5ccncc5)C4)nc32)[C@@H]2OC(C)(C)O[C@@H]21.O=C(O)C(F)(F)F. The average Bonchev–Trinajstić information content (AvgIpc) is 4.02. The Morgan fingerprint density at radius 2 is 1.58 bits per heavy atom. The molecule has 5 aromatic rings. The number of pyridine rings is 1. The first-order chi connectivity index (χ1) is 28.7. The molecule has 3 fully saturated rings. The summed E-state index contributed by atoms with van der Waals surface area (Å²) in [4.78, 5) is 56.1. The molecule has 0 unspecified atom stereocenters. The molecule has 60 heavy (non-hydrogen) atoms. The standard InChI is InChI=1S/C39H43N9O5.C2HF3O2/c1-4-41-36(50)31-30-32(53-39(2,3)52-30)37(51-31)48-23-43-29-33(42-21-28(24-11-7-5-8-12-24)25-13-9-6-10-14-25)45-38(46-34(29)48)47-20-17-27(22-47)44-35(49)26-15-18-40-19-16-26;3-2(4,5)1(6)7/h5-16,18-19,23,27-28,30-32,37H,4,17,20-22H2,1-3H3,(H,41,50)(H,44,49)(H,42,45,46);(H,6,7)/t27-,30-,31+,32-,37-;/m1./s1. The van der Waals surface area contributed by atoms with Crippen molar-refractivity contribution in [1.29, 1.82) is 0 Å². The number of aromatic nitrogens is 5. The van der Waals surface area contributed by atoms with Gasteiger partial charge in [0.1, 0.15) is 12.2 Å². The number of nitrogens with one attached hydrogen (secondary N) is 3. The summed E-state index contributed by atoms with van der Waals surface area (Å²) in [6.07, 6.45) is -2.34. The fourth-order valence-corrected chi connectivity index (χ4v) is 7.47. The van der Waals surface area contributed by atoms with Gasteiger partial charge in [-0.3, -0.25) is 19.1 Å². The van der Waals surface area contributed by atoms with E-state index in [1.165, 1.54) is 0 Å². The van der Waals surface area contributed by atoms with Gasteiger partial charge in [-0.15, -0.1) is 0 Å². The highest BCUT2D eigenvalue weighted by Gasteiger charge is 2.58. The van der Waals surface area contributed by atoms with Crippen LogP contribution < -0.4 is 20.9 Å². The number of hydrogen-bond donors (Lipinski definition) is 4. The molecule has 0 spiro atoms. The second-order valence-corrected chi connectivity index (χ2v) is 14.8. The Morgan fingerprint density at radius 3 is 2.20 bits per heavy atom. The highest BCUT2D eigenvalue weighted by molar-refractivity contribution is 5.94. The third-order valence-corrected chi connectivity index (χ3v) is 10.2. The van der Waals surface area contributed by atoms with E-state index in [1.54, 1.807) is 30.9 Å². The summed E-state index contributed by atoms with van der Waals surface area (Å²) < 4.78 is 52.5. The van der Waals surface area contributed by atoms with Crippen LogP contribution in [0, 0.1) is 0 Å². The highest BCUT2D eigenvalue weighted by Crippen LogP contribution is 2.44. The van der Waals surface area contributed by atoms with Gasteiger partial charge in [0.2, 0.25) is 5.95 Å². The van der Waals surface area contributed by atoms with E-state index in [0.717, 1.165) is 11.1 Å². The lowest BCUT2D eigenvalue weighted by Crippen LogP contribution is -2.42. The van der Waals surface area contributed by atoms with Crippen LogP contribution in [0.25, 0.3) is 11.2 Å². The van der Waals surface area contributed by atoms with Crippen molar-refractivity contribution in [2.24, 2.45) is 0 Å². The van der Waals surface area contributed by atoms with Crippen molar-refractivity contribution in [1.82, 2.24) is 35.1 Å². The van der Waals surface area contributed by atoms with E-state index in [1.807, 2.05) is 61.7 Å². The molecule has 0 aliphatic carbocycles. The van der Waals surface area contributed by atoms with Gasteiger partial charge < -0.3 is 40.2 Å². The zero-order chi connectivity index (χ0) is 42.6. The Kier molecular flexibility index (Phi) is 12.3. The number of carboxylic acid groups (broad SMARTS) is 1. The second kappa shape index (κ2) is 17.6. The van der Waals surface area contributed by atoms with Crippen molar-refractivity contribution in [2.45, 2.75) is 75.7 Å². The van der Waals surface area contributed by atoms with Gasteiger partial charge >= 0.3 is 12.1 Å². The number of aliphatic carboxylic acids is 1. The molecular weight excluding hydrogens is 788 g/mol. The van der Waals surface area contributed by atoms with Gasteiger partial charge in [-0.25, -0.2) is 9.78 Å². The van der Waals surface area contributed by atoms with Crippen LogP contribution in [0.5, 0.6) is 0 Å². The number of benzene rings is 2. The van der Waals surface area contributed by atoms with Crippen LogP contribution in [0.15, 0.2) is 91.5 Å². The Balaban J connectivity index is 0.000000716. The maximum Gasteiger partial charge on any atom is 0.490 e. The lowest BCUT2D eigenvalue weighted by Gasteiger charge is -2.25. The largest absolute Gasteiger partial charge is 0.490 e. The number of halogens is 3. The van der Waals surface area contributed by atoms with E-state index >= 15 is 0 Å². The number of likely N-dealkylation sites (N-methyl/N-ethyl adjacent to an activating group) is 1. The number of alkyl halides is 3. The molecule has 2 amide bonds. The lowest BCUT2D eigenvalue weighted by atomic mass is 9.91. The summed E-state index contributed by atoms with van der Waals surface area (Å²) in [5.74, 6) is -3.03. The van der Waals surface area contributed by atoms with Gasteiger partial charge in [-0.2, -0.15) is 23.1 Å². The molecule has 16 nitrogen and oxygen atoms in total. The predicted molar refractivity (Wildman–Crippen MR) is 211 cm³/mol. The van der Waals surface area contributed by atoms with E-state index in [2.05, 4.69) is 50.1 Å². The van der Waals surface area contributed by atoms with Crippen molar-refractivity contribution < 1.29 is 46.9 Å². The number of rotatable bonds is 11. The first kappa shape index (κ1) is 42.0. The minimum absolute atomic E-state index is 0.0237. The number of nitrogens with zero attached hydrogens (tertiary/aromatic N) is 6. The summed E-state index contributed by atoms with van der Waals surface area (Å²) >= 11 is 0. The molecule has 4 N–H and O–H groups in total. The van der Waals surface area contributed by atoms with Crippen LogP contribution >= 0.6 is 0 Å². The summed E-state index contributed by atoms with van der Waals surface area (Å²) in [7, 11) is 0. The molecule has 3 aliphatic rings. The number of carbonyl (C=O) groups is 3. The third kappa shape index (κ3) is 9.32. The average molecular weight is 832 g/mol. The number of carboxylic acids is 1. The predicted octanol–water partition coefficient (Wildman–Crippen LogP) is 4.66. The maximum atomic E-state index is 13.2.